The van der Waals surface area contributed by atoms with Crippen LogP contribution in [-0.2, 0) is 4.79 Å². The van der Waals surface area contributed by atoms with Crippen molar-refractivity contribution >= 4 is 5.91 Å². The van der Waals surface area contributed by atoms with Gasteiger partial charge in [-0.1, -0.05) is 19.1 Å². The summed E-state index contributed by atoms with van der Waals surface area (Å²) in [6.07, 6.45) is 4.88. The zero-order valence-electron chi connectivity index (χ0n) is 8.71. The third-order valence-electron chi connectivity index (χ3n) is 2.05. The van der Waals surface area contributed by atoms with E-state index in [4.69, 9.17) is 5.73 Å². The highest BCUT2D eigenvalue weighted by atomic mass is 16.1. The summed E-state index contributed by atoms with van der Waals surface area (Å²) in [6, 6.07) is -0.0817. The monoisotopic (exact) mass is 184 g/mol. The highest BCUT2D eigenvalue weighted by Gasteiger charge is 2.15. The first kappa shape index (κ1) is 12.2. The molecule has 0 heterocycles. The van der Waals surface area contributed by atoms with Gasteiger partial charge in [0.2, 0.25) is 5.91 Å². The van der Waals surface area contributed by atoms with Crippen molar-refractivity contribution in [1.82, 2.24) is 5.32 Å². The van der Waals surface area contributed by atoms with Gasteiger partial charge in [0.1, 0.15) is 0 Å². The number of hydrogen-bond acceptors (Lipinski definition) is 2. The van der Waals surface area contributed by atoms with Crippen molar-refractivity contribution in [3.8, 4) is 0 Å². The van der Waals surface area contributed by atoms with Crippen molar-refractivity contribution in [2.75, 3.05) is 6.54 Å². The largest absolute Gasteiger partial charge is 0.356 e. The number of hydrogen-bond donors (Lipinski definition) is 2. The van der Waals surface area contributed by atoms with Crippen LogP contribution in [0.4, 0.5) is 0 Å². The number of amides is 1. The van der Waals surface area contributed by atoms with E-state index in [-0.39, 0.29) is 17.9 Å². The van der Waals surface area contributed by atoms with Gasteiger partial charge in [-0.15, -0.1) is 0 Å². The van der Waals surface area contributed by atoms with Crippen LogP contribution in [-0.4, -0.2) is 18.5 Å². The molecule has 0 saturated carbocycles. The summed E-state index contributed by atoms with van der Waals surface area (Å²) in [5.74, 6) is -0.0647. The summed E-state index contributed by atoms with van der Waals surface area (Å²) in [5.41, 5.74) is 5.59. The smallest absolute Gasteiger partial charge is 0.224 e. The Bertz CT molecular complexity index is 176. The van der Waals surface area contributed by atoms with Gasteiger partial charge in [0, 0.05) is 18.5 Å². The fourth-order valence-corrected chi connectivity index (χ4v) is 0.845. The van der Waals surface area contributed by atoms with Crippen LogP contribution in [0.15, 0.2) is 12.2 Å². The first-order valence-corrected chi connectivity index (χ1v) is 4.74. The third-order valence-corrected chi connectivity index (χ3v) is 2.05. The lowest BCUT2D eigenvalue weighted by molar-refractivity contribution is -0.124. The van der Waals surface area contributed by atoms with Crippen LogP contribution in [0.5, 0.6) is 0 Å². The van der Waals surface area contributed by atoms with Crippen LogP contribution in [0.1, 0.15) is 27.2 Å². The third kappa shape index (κ3) is 5.42. The van der Waals surface area contributed by atoms with E-state index in [2.05, 4.69) is 5.32 Å². The molecule has 76 valence electrons. The summed E-state index contributed by atoms with van der Waals surface area (Å²) in [7, 11) is 0. The summed E-state index contributed by atoms with van der Waals surface area (Å²) in [5, 5.41) is 2.83. The Hall–Kier alpha value is -0.830. The maximum absolute atomic E-state index is 11.3. The van der Waals surface area contributed by atoms with Crippen LogP contribution >= 0.6 is 0 Å². The van der Waals surface area contributed by atoms with E-state index in [0.717, 1.165) is 6.42 Å². The minimum Gasteiger partial charge on any atom is -0.356 e. The average Bonchev–Trinajstić information content (AvgIpc) is 2.10. The van der Waals surface area contributed by atoms with Gasteiger partial charge in [-0.25, -0.2) is 0 Å². The minimum absolute atomic E-state index is 0.0412. The molecule has 0 saturated heterocycles. The van der Waals surface area contributed by atoms with Gasteiger partial charge >= 0.3 is 0 Å². The zero-order valence-corrected chi connectivity index (χ0v) is 8.71. The van der Waals surface area contributed by atoms with E-state index in [0.29, 0.717) is 6.54 Å². The van der Waals surface area contributed by atoms with Gasteiger partial charge in [-0.3, -0.25) is 4.79 Å². The van der Waals surface area contributed by atoms with Gasteiger partial charge in [-0.2, -0.15) is 0 Å². The second-order valence-electron chi connectivity index (χ2n) is 3.30. The Morgan fingerprint density at radius 1 is 1.54 bits per heavy atom. The summed E-state index contributed by atoms with van der Waals surface area (Å²) in [4.78, 5) is 11.3. The molecule has 2 atom stereocenters. The van der Waals surface area contributed by atoms with Gasteiger partial charge < -0.3 is 11.1 Å². The predicted molar refractivity (Wildman–Crippen MR) is 55.3 cm³/mol. The molecule has 0 aromatic carbocycles. The first-order chi connectivity index (χ1) is 6.09. The number of allylic oxidation sites excluding steroid dienone is 1. The van der Waals surface area contributed by atoms with Crippen molar-refractivity contribution in [1.29, 1.82) is 0 Å². The number of nitrogens with two attached hydrogens (primary N) is 1. The summed E-state index contributed by atoms with van der Waals surface area (Å²) in [6.45, 7) is 6.35. The number of carbonyl (C=O) groups excluding carboxylic acids is 1. The molecule has 0 aromatic heterocycles. The van der Waals surface area contributed by atoms with Gasteiger partial charge in [-0.05, 0) is 20.3 Å². The van der Waals surface area contributed by atoms with Crippen LogP contribution < -0.4 is 11.1 Å². The Morgan fingerprint density at radius 3 is 2.62 bits per heavy atom. The molecule has 13 heavy (non-hydrogen) atoms. The summed E-state index contributed by atoms with van der Waals surface area (Å²) < 4.78 is 0. The number of nitrogens with one attached hydrogen (secondary N) is 1. The van der Waals surface area contributed by atoms with Crippen LogP contribution in [0.2, 0.25) is 0 Å². The second kappa shape index (κ2) is 6.66. The van der Waals surface area contributed by atoms with E-state index < -0.39 is 0 Å². The Labute approximate surface area is 80.4 Å². The topological polar surface area (TPSA) is 55.1 Å². The quantitative estimate of drug-likeness (QED) is 0.495. The fourth-order valence-electron chi connectivity index (χ4n) is 0.845. The van der Waals surface area contributed by atoms with E-state index >= 15 is 0 Å². The Balaban J connectivity index is 3.62. The summed E-state index contributed by atoms with van der Waals surface area (Å²) >= 11 is 0. The predicted octanol–water partition coefficient (Wildman–Crippen LogP) is 1.05. The fraction of sp³-hybridized carbons (Fsp3) is 0.700. The van der Waals surface area contributed by atoms with Crippen molar-refractivity contribution in [3.63, 3.8) is 0 Å². The molecule has 0 aliphatic heterocycles. The van der Waals surface area contributed by atoms with Gasteiger partial charge in [0.15, 0.2) is 0 Å². The van der Waals surface area contributed by atoms with E-state index in [1.54, 1.807) is 0 Å². The molecule has 0 aromatic rings. The molecule has 0 aliphatic rings. The lowest BCUT2D eigenvalue weighted by Gasteiger charge is -2.14. The molecule has 0 radical (unpaired) electrons. The van der Waals surface area contributed by atoms with Crippen LogP contribution in [0.3, 0.4) is 0 Å². The standard InChI is InChI=1S/C10H20N2O/c1-4-5-6-7-12-10(13)8(2)9(3)11/h4-5,8-9H,6-7,11H2,1-3H3,(H,12,13)/b5-4+. The molecular formula is C10H20N2O. The van der Waals surface area contributed by atoms with Crippen molar-refractivity contribution in [2.45, 2.75) is 33.2 Å². The molecule has 3 N–H and O–H groups in total. The molecule has 0 aliphatic carbocycles. The molecule has 0 spiro atoms. The average molecular weight is 184 g/mol. The molecule has 0 fully saturated rings. The molecule has 2 unspecified atom stereocenters. The van der Waals surface area contributed by atoms with Crippen LogP contribution in [0, 0.1) is 5.92 Å². The van der Waals surface area contributed by atoms with Crippen molar-refractivity contribution in [2.24, 2.45) is 11.7 Å². The van der Waals surface area contributed by atoms with E-state index in [1.807, 2.05) is 32.9 Å². The second-order valence-corrected chi connectivity index (χ2v) is 3.30. The SMILES string of the molecule is C/C=C/CCNC(=O)C(C)C(C)N. The van der Waals surface area contributed by atoms with E-state index in [9.17, 15) is 4.79 Å². The molecule has 3 nitrogen and oxygen atoms in total. The molecular weight excluding hydrogens is 164 g/mol. The van der Waals surface area contributed by atoms with Gasteiger partial charge in [0.05, 0.1) is 0 Å². The molecule has 0 bridgehead atoms. The molecule has 3 heteroatoms. The van der Waals surface area contributed by atoms with Crippen molar-refractivity contribution < 1.29 is 4.79 Å². The van der Waals surface area contributed by atoms with Crippen molar-refractivity contribution in [3.05, 3.63) is 12.2 Å². The first-order valence-electron chi connectivity index (χ1n) is 4.74. The normalized spacial score (nSPS) is 15.7. The number of carbonyl (C=O) groups is 1. The lowest BCUT2D eigenvalue weighted by atomic mass is 10.0. The molecule has 0 rings (SSSR count). The Kier molecular flexibility index (Phi) is 6.24. The van der Waals surface area contributed by atoms with Gasteiger partial charge in [0.25, 0.3) is 0 Å². The molecule has 1 amide bonds. The maximum Gasteiger partial charge on any atom is 0.224 e. The van der Waals surface area contributed by atoms with Crippen LogP contribution in [0.25, 0.3) is 0 Å². The lowest BCUT2D eigenvalue weighted by Crippen LogP contribution is -2.38. The zero-order chi connectivity index (χ0) is 10.3. The maximum atomic E-state index is 11.3. The minimum atomic E-state index is -0.106. The van der Waals surface area contributed by atoms with E-state index in [1.165, 1.54) is 0 Å². The number of rotatable bonds is 5. The highest BCUT2D eigenvalue weighted by molar-refractivity contribution is 5.78. The highest BCUT2D eigenvalue weighted by Crippen LogP contribution is 1.98. The Morgan fingerprint density at radius 2 is 2.15 bits per heavy atom.